The van der Waals surface area contributed by atoms with Crippen LogP contribution in [0.3, 0.4) is 0 Å². The predicted octanol–water partition coefficient (Wildman–Crippen LogP) is 1.27. The summed E-state index contributed by atoms with van der Waals surface area (Å²) in [6, 6.07) is -0.240. The third kappa shape index (κ3) is 4.33. The van der Waals surface area contributed by atoms with E-state index >= 15 is 0 Å². The summed E-state index contributed by atoms with van der Waals surface area (Å²) in [6.07, 6.45) is 5.66. The molecule has 2 fully saturated rings. The Morgan fingerprint density at radius 1 is 1.24 bits per heavy atom. The zero-order valence-corrected chi connectivity index (χ0v) is 12.9. The third-order valence-corrected chi connectivity index (χ3v) is 5.03. The molecule has 0 bridgehead atoms. The van der Waals surface area contributed by atoms with Gasteiger partial charge < -0.3 is 20.6 Å². The van der Waals surface area contributed by atoms with E-state index in [4.69, 9.17) is 0 Å². The number of carbonyl (C=O) groups is 2. The van der Waals surface area contributed by atoms with Gasteiger partial charge in [-0.25, -0.2) is 4.79 Å². The summed E-state index contributed by atoms with van der Waals surface area (Å²) < 4.78 is 0. The standard InChI is InChI=1S/C15H27N3O3/c1-18-9-4-12(5-10-18)3-8-16-14(21)17-11-15(13(19)20)6-2-7-15/h12H,2-11H2,1H3,(H,19,20)(H2,16,17,21). The Labute approximate surface area is 126 Å². The summed E-state index contributed by atoms with van der Waals surface area (Å²) >= 11 is 0. The fourth-order valence-electron chi connectivity index (χ4n) is 3.12. The molecule has 0 aromatic carbocycles. The molecular weight excluding hydrogens is 270 g/mol. The molecule has 0 spiro atoms. The highest BCUT2D eigenvalue weighted by Gasteiger charge is 2.44. The fraction of sp³-hybridized carbons (Fsp3) is 0.867. The molecule has 21 heavy (non-hydrogen) atoms. The molecule has 2 aliphatic rings. The van der Waals surface area contributed by atoms with Crippen LogP contribution in [0.25, 0.3) is 0 Å². The lowest BCUT2D eigenvalue weighted by molar-refractivity contribution is -0.153. The number of hydrogen-bond acceptors (Lipinski definition) is 3. The molecular formula is C15H27N3O3. The highest BCUT2D eigenvalue weighted by atomic mass is 16.4. The lowest BCUT2D eigenvalue weighted by atomic mass is 9.69. The second-order valence-corrected chi connectivity index (χ2v) is 6.58. The van der Waals surface area contributed by atoms with Crippen LogP contribution in [0, 0.1) is 11.3 Å². The minimum absolute atomic E-state index is 0.238. The van der Waals surface area contributed by atoms with Crippen molar-refractivity contribution in [3.63, 3.8) is 0 Å². The molecule has 0 aromatic heterocycles. The number of hydrogen-bond donors (Lipinski definition) is 3. The smallest absolute Gasteiger partial charge is 0.314 e. The van der Waals surface area contributed by atoms with Crippen molar-refractivity contribution in [1.29, 1.82) is 0 Å². The second-order valence-electron chi connectivity index (χ2n) is 6.58. The van der Waals surface area contributed by atoms with Crippen molar-refractivity contribution in [2.24, 2.45) is 11.3 Å². The Morgan fingerprint density at radius 3 is 2.43 bits per heavy atom. The van der Waals surface area contributed by atoms with Crippen molar-refractivity contribution in [3.8, 4) is 0 Å². The molecule has 1 aliphatic carbocycles. The van der Waals surface area contributed by atoms with Crippen LogP contribution in [0.4, 0.5) is 4.79 Å². The summed E-state index contributed by atoms with van der Waals surface area (Å²) in [7, 11) is 2.14. The molecule has 0 radical (unpaired) electrons. The predicted molar refractivity (Wildman–Crippen MR) is 80.2 cm³/mol. The monoisotopic (exact) mass is 297 g/mol. The van der Waals surface area contributed by atoms with Gasteiger partial charge in [-0.05, 0) is 58.2 Å². The van der Waals surface area contributed by atoms with Crippen LogP contribution in [-0.2, 0) is 4.79 Å². The topological polar surface area (TPSA) is 81.7 Å². The van der Waals surface area contributed by atoms with E-state index in [-0.39, 0.29) is 12.6 Å². The van der Waals surface area contributed by atoms with Gasteiger partial charge in [0.2, 0.25) is 0 Å². The van der Waals surface area contributed by atoms with Crippen LogP contribution in [0.5, 0.6) is 0 Å². The van der Waals surface area contributed by atoms with Crippen molar-refractivity contribution in [3.05, 3.63) is 0 Å². The van der Waals surface area contributed by atoms with E-state index in [0.717, 1.165) is 25.9 Å². The van der Waals surface area contributed by atoms with Gasteiger partial charge in [0.25, 0.3) is 0 Å². The van der Waals surface area contributed by atoms with Gasteiger partial charge in [0, 0.05) is 13.1 Å². The van der Waals surface area contributed by atoms with E-state index in [0.29, 0.717) is 25.3 Å². The Balaban J connectivity index is 1.58. The molecule has 1 heterocycles. The first kappa shape index (κ1) is 16.1. The average molecular weight is 297 g/mol. The third-order valence-electron chi connectivity index (χ3n) is 5.03. The molecule has 0 unspecified atom stereocenters. The quantitative estimate of drug-likeness (QED) is 0.689. The number of amides is 2. The number of carboxylic acids is 1. The lowest BCUT2D eigenvalue weighted by Gasteiger charge is -2.37. The minimum Gasteiger partial charge on any atom is -0.481 e. The normalized spacial score (nSPS) is 22.3. The van der Waals surface area contributed by atoms with Crippen LogP contribution in [0.15, 0.2) is 0 Å². The van der Waals surface area contributed by atoms with E-state index in [1.165, 1.54) is 12.8 Å². The molecule has 1 aliphatic heterocycles. The molecule has 6 heteroatoms. The SMILES string of the molecule is CN1CCC(CCNC(=O)NCC2(C(=O)O)CCC2)CC1. The number of urea groups is 1. The zero-order chi connectivity index (χ0) is 15.3. The summed E-state index contributed by atoms with van der Waals surface area (Å²) in [5, 5.41) is 14.7. The molecule has 1 saturated carbocycles. The van der Waals surface area contributed by atoms with Crippen LogP contribution in [0.1, 0.15) is 38.5 Å². The van der Waals surface area contributed by atoms with Crippen molar-refractivity contribution in [2.75, 3.05) is 33.2 Å². The van der Waals surface area contributed by atoms with Crippen LogP contribution < -0.4 is 10.6 Å². The number of nitrogens with zero attached hydrogens (tertiary/aromatic N) is 1. The highest BCUT2D eigenvalue weighted by Crippen LogP contribution is 2.40. The van der Waals surface area contributed by atoms with Gasteiger partial charge >= 0.3 is 12.0 Å². The van der Waals surface area contributed by atoms with E-state index in [1.807, 2.05) is 0 Å². The summed E-state index contributed by atoms with van der Waals surface area (Å²) in [5.74, 6) is -0.0983. The Morgan fingerprint density at radius 2 is 1.90 bits per heavy atom. The number of carboxylic acid groups (broad SMARTS) is 1. The van der Waals surface area contributed by atoms with E-state index in [1.54, 1.807) is 0 Å². The molecule has 2 amide bonds. The molecule has 2 rings (SSSR count). The largest absolute Gasteiger partial charge is 0.481 e. The van der Waals surface area contributed by atoms with Crippen LogP contribution >= 0.6 is 0 Å². The Bertz CT molecular complexity index is 374. The van der Waals surface area contributed by atoms with Crippen molar-refractivity contribution in [1.82, 2.24) is 15.5 Å². The molecule has 0 atom stereocenters. The summed E-state index contributed by atoms with van der Waals surface area (Å²) in [4.78, 5) is 25.2. The van der Waals surface area contributed by atoms with Crippen LogP contribution in [0.2, 0.25) is 0 Å². The molecule has 120 valence electrons. The van der Waals surface area contributed by atoms with E-state index < -0.39 is 11.4 Å². The maximum Gasteiger partial charge on any atom is 0.314 e. The van der Waals surface area contributed by atoms with Crippen LogP contribution in [-0.4, -0.2) is 55.2 Å². The average Bonchev–Trinajstić information content (AvgIpc) is 2.39. The van der Waals surface area contributed by atoms with Gasteiger partial charge in [-0.3, -0.25) is 4.79 Å². The van der Waals surface area contributed by atoms with Gasteiger partial charge in [0.05, 0.1) is 5.41 Å². The Kier molecular flexibility index (Phi) is 5.45. The maximum absolute atomic E-state index is 11.7. The minimum atomic E-state index is -0.791. The van der Waals surface area contributed by atoms with E-state index in [2.05, 4.69) is 22.6 Å². The Hall–Kier alpha value is -1.30. The first-order valence-electron chi connectivity index (χ1n) is 7.95. The molecule has 6 nitrogen and oxygen atoms in total. The first-order chi connectivity index (χ1) is 10.0. The van der Waals surface area contributed by atoms with E-state index in [9.17, 15) is 14.7 Å². The number of nitrogens with one attached hydrogen (secondary N) is 2. The number of rotatable bonds is 6. The lowest BCUT2D eigenvalue weighted by Crippen LogP contribution is -2.49. The number of likely N-dealkylation sites (tertiary alicyclic amines) is 1. The second kappa shape index (κ2) is 7.11. The molecule has 1 saturated heterocycles. The highest BCUT2D eigenvalue weighted by molar-refractivity contribution is 5.78. The van der Waals surface area contributed by atoms with Crippen molar-refractivity contribution in [2.45, 2.75) is 38.5 Å². The molecule has 3 N–H and O–H groups in total. The van der Waals surface area contributed by atoms with Gasteiger partial charge in [-0.1, -0.05) is 6.42 Å². The summed E-state index contributed by atoms with van der Waals surface area (Å²) in [6.45, 7) is 3.18. The first-order valence-corrected chi connectivity index (χ1v) is 7.95. The van der Waals surface area contributed by atoms with Gasteiger partial charge in [0.1, 0.15) is 0 Å². The van der Waals surface area contributed by atoms with Gasteiger partial charge in [-0.2, -0.15) is 0 Å². The number of aliphatic carboxylic acids is 1. The number of carbonyl (C=O) groups excluding carboxylic acids is 1. The van der Waals surface area contributed by atoms with Crippen molar-refractivity contribution < 1.29 is 14.7 Å². The summed E-state index contributed by atoms with van der Waals surface area (Å²) in [5.41, 5.74) is -0.717. The maximum atomic E-state index is 11.7. The van der Waals surface area contributed by atoms with Gasteiger partial charge in [-0.15, -0.1) is 0 Å². The fourth-order valence-corrected chi connectivity index (χ4v) is 3.12. The zero-order valence-electron chi connectivity index (χ0n) is 12.9. The molecule has 0 aromatic rings. The van der Waals surface area contributed by atoms with Gasteiger partial charge in [0.15, 0.2) is 0 Å². The van der Waals surface area contributed by atoms with Crippen molar-refractivity contribution >= 4 is 12.0 Å². The number of piperidine rings is 1.